The Labute approximate surface area is 232 Å². The maximum absolute atomic E-state index is 11.5. The van der Waals surface area contributed by atoms with Crippen LogP contribution in [0.5, 0.6) is 5.75 Å². The van der Waals surface area contributed by atoms with Gasteiger partial charge in [-0.25, -0.2) is 0 Å². The molecule has 39 heavy (non-hydrogen) atoms. The Kier molecular flexibility index (Phi) is 21.2. The highest BCUT2D eigenvalue weighted by Gasteiger charge is 2.15. The second kappa shape index (κ2) is 23.7. The first-order valence-electron chi connectivity index (χ1n) is 13.3. The summed E-state index contributed by atoms with van der Waals surface area (Å²) < 4.78 is 48.7. The monoisotopic (exact) mass is 558 g/mol. The highest BCUT2D eigenvalue weighted by molar-refractivity contribution is 5.74. The molecular weight excluding hydrogens is 512 g/mol. The Morgan fingerprint density at radius 1 is 0.590 bits per heavy atom. The molecule has 11 nitrogen and oxygen atoms in total. The Morgan fingerprint density at radius 3 is 1.31 bits per heavy atom. The fourth-order valence-electron chi connectivity index (χ4n) is 2.83. The lowest BCUT2D eigenvalue weighted by Gasteiger charge is -2.19. The van der Waals surface area contributed by atoms with E-state index in [1.807, 2.05) is 20.8 Å². The lowest BCUT2D eigenvalue weighted by atomic mass is 10.2. The molecule has 1 aromatic carbocycles. The number of ether oxygens (including phenoxy) is 9. The number of rotatable bonds is 26. The molecule has 224 valence electrons. The zero-order chi connectivity index (χ0) is 28.4. The van der Waals surface area contributed by atoms with E-state index in [0.29, 0.717) is 110 Å². The van der Waals surface area contributed by atoms with Gasteiger partial charge in [-0.3, -0.25) is 9.59 Å². The van der Waals surface area contributed by atoms with E-state index in [1.165, 1.54) is 0 Å². The van der Waals surface area contributed by atoms with Crippen molar-refractivity contribution >= 4 is 12.3 Å². The summed E-state index contributed by atoms with van der Waals surface area (Å²) in [6, 6.07) is 6.92. The van der Waals surface area contributed by atoms with E-state index in [-0.39, 0.29) is 12.4 Å². The maximum Gasteiger partial charge on any atom is 0.308 e. The molecular formula is C28H46O11. The molecule has 1 aromatic rings. The molecule has 0 unspecified atom stereocenters. The fourth-order valence-corrected chi connectivity index (χ4v) is 2.83. The summed E-state index contributed by atoms with van der Waals surface area (Å²) in [5.41, 5.74) is 0.143. The van der Waals surface area contributed by atoms with Gasteiger partial charge in [0.1, 0.15) is 24.2 Å². The number of carbonyl (C=O) groups excluding carboxylic acids is 2. The van der Waals surface area contributed by atoms with Crippen molar-refractivity contribution in [2.45, 2.75) is 32.8 Å². The van der Waals surface area contributed by atoms with Gasteiger partial charge in [0.15, 0.2) is 0 Å². The van der Waals surface area contributed by atoms with E-state index in [9.17, 15) is 9.59 Å². The highest BCUT2D eigenvalue weighted by Crippen LogP contribution is 2.10. The van der Waals surface area contributed by atoms with E-state index in [1.54, 1.807) is 24.3 Å². The summed E-state index contributed by atoms with van der Waals surface area (Å²) in [6.45, 7) is 12.4. The predicted molar refractivity (Wildman–Crippen MR) is 144 cm³/mol. The second-order valence-electron chi connectivity index (χ2n) is 9.16. The van der Waals surface area contributed by atoms with Gasteiger partial charge >= 0.3 is 5.97 Å². The topological polar surface area (TPSA) is 117 Å². The standard InChI is InChI=1S/C28H46O11/c1-28(2,3)39-27(30)8-9-31-10-11-32-12-13-33-14-15-34-16-17-35-18-19-36-20-21-37-22-23-38-26-6-4-25(24-29)5-7-26/h4-7,24H,8-23H2,1-3H3. The molecule has 0 aliphatic heterocycles. The molecule has 0 aliphatic rings. The Morgan fingerprint density at radius 2 is 0.949 bits per heavy atom. The molecule has 0 saturated carbocycles. The minimum Gasteiger partial charge on any atom is -0.491 e. The summed E-state index contributed by atoms with van der Waals surface area (Å²) >= 11 is 0. The van der Waals surface area contributed by atoms with Crippen molar-refractivity contribution in [3.05, 3.63) is 29.8 Å². The molecule has 0 saturated heterocycles. The van der Waals surface area contributed by atoms with Gasteiger partial charge in [-0.2, -0.15) is 0 Å². The largest absolute Gasteiger partial charge is 0.491 e. The summed E-state index contributed by atoms with van der Waals surface area (Å²) in [4.78, 5) is 22.1. The third kappa shape index (κ3) is 23.5. The minimum absolute atomic E-state index is 0.231. The molecule has 0 spiro atoms. The predicted octanol–water partition coefficient (Wildman–Crippen LogP) is 2.73. The molecule has 0 N–H and O–H groups in total. The molecule has 11 heteroatoms. The SMILES string of the molecule is CC(C)(C)OC(=O)CCOCCOCCOCCOCCOCCOCCOCCOc1ccc(C=O)cc1. The average Bonchev–Trinajstić information content (AvgIpc) is 2.90. The van der Waals surface area contributed by atoms with Crippen LogP contribution in [0.25, 0.3) is 0 Å². The normalized spacial score (nSPS) is 11.5. The first kappa shape index (κ1) is 34.9. The van der Waals surface area contributed by atoms with Crippen molar-refractivity contribution in [2.24, 2.45) is 0 Å². The molecule has 0 atom stereocenters. The third-order valence-corrected chi connectivity index (χ3v) is 4.62. The molecule has 0 amide bonds. The molecule has 0 fully saturated rings. The summed E-state index contributed by atoms with van der Waals surface area (Å²) in [7, 11) is 0. The van der Waals surface area contributed by atoms with Crippen LogP contribution in [0.3, 0.4) is 0 Å². The van der Waals surface area contributed by atoms with Gasteiger partial charge in [-0.1, -0.05) is 0 Å². The fraction of sp³-hybridized carbons (Fsp3) is 0.714. The molecule has 0 bridgehead atoms. The smallest absolute Gasteiger partial charge is 0.308 e. The average molecular weight is 559 g/mol. The van der Waals surface area contributed by atoms with Gasteiger partial charge < -0.3 is 42.6 Å². The zero-order valence-corrected chi connectivity index (χ0v) is 23.7. The van der Waals surface area contributed by atoms with Crippen LogP contribution in [-0.2, 0) is 42.7 Å². The van der Waals surface area contributed by atoms with Crippen molar-refractivity contribution < 1.29 is 52.2 Å². The van der Waals surface area contributed by atoms with Gasteiger partial charge in [0.25, 0.3) is 0 Å². The molecule has 1 rings (SSSR count). The number of carbonyl (C=O) groups is 2. The van der Waals surface area contributed by atoms with Crippen LogP contribution in [0.15, 0.2) is 24.3 Å². The van der Waals surface area contributed by atoms with Crippen LogP contribution >= 0.6 is 0 Å². The lowest BCUT2D eigenvalue weighted by Crippen LogP contribution is -2.24. The van der Waals surface area contributed by atoms with Crippen molar-refractivity contribution in [3.8, 4) is 5.75 Å². The van der Waals surface area contributed by atoms with Crippen LogP contribution in [0.2, 0.25) is 0 Å². The number of hydrogen-bond donors (Lipinski definition) is 0. The van der Waals surface area contributed by atoms with Crippen molar-refractivity contribution in [3.63, 3.8) is 0 Å². The van der Waals surface area contributed by atoms with Crippen molar-refractivity contribution in [2.75, 3.05) is 99.1 Å². The number of benzene rings is 1. The van der Waals surface area contributed by atoms with Crippen LogP contribution in [-0.4, -0.2) is 117 Å². The first-order chi connectivity index (χ1) is 18.9. The third-order valence-electron chi connectivity index (χ3n) is 4.62. The lowest BCUT2D eigenvalue weighted by molar-refractivity contribution is -0.156. The van der Waals surface area contributed by atoms with Crippen molar-refractivity contribution in [1.82, 2.24) is 0 Å². The van der Waals surface area contributed by atoms with E-state index in [0.717, 1.165) is 6.29 Å². The van der Waals surface area contributed by atoms with Gasteiger partial charge in [0.2, 0.25) is 0 Å². The number of hydrogen-bond acceptors (Lipinski definition) is 11. The zero-order valence-electron chi connectivity index (χ0n) is 23.7. The first-order valence-corrected chi connectivity index (χ1v) is 13.3. The number of esters is 1. The van der Waals surface area contributed by atoms with E-state index in [4.69, 9.17) is 42.6 Å². The maximum atomic E-state index is 11.5. The Hall–Kier alpha value is -2.12. The van der Waals surface area contributed by atoms with E-state index >= 15 is 0 Å². The summed E-state index contributed by atoms with van der Waals surface area (Å²) in [5.74, 6) is 0.435. The molecule has 0 heterocycles. The molecule has 0 radical (unpaired) electrons. The quantitative estimate of drug-likeness (QED) is 0.0949. The van der Waals surface area contributed by atoms with Gasteiger partial charge in [-0.15, -0.1) is 0 Å². The highest BCUT2D eigenvalue weighted by atomic mass is 16.6. The Bertz CT molecular complexity index is 719. The van der Waals surface area contributed by atoms with Crippen LogP contribution in [0, 0.1) is 0 Å². The molecule has 0 aliphatic carbocycles. The van der Waals surface area contributed by atoms with Crippen molar-refractivity contribution in [1.29, 1.82) is 0 Å². The summed E-state index contributed by atoms with van der Waals surface area (Å²) in [6.07, 6.45) is 1.03. The van der Waals surface area contributed by atoms with Gasteiger partial charge in [0.05, 0.1) is 98.9 Å². The van der Waals surface area contributed by atoms with Crippen LogP contribution < -0.4 is 4.74 Å². The van der Waals surface area contributed by atoms with Crippen LogP contribution in [0.4, 0.5) is 0 Å². The summed E-state index contributed by atoms with van der Waals surface area (Å²) in [5, 5.41) is 0. The van der Waals surface area contributed by atoms with E-state index < -0.39 is 5.60 Å². The molecule has 0 aromatic heterocycles. The van der Waals surface area contributed by atoms with E-state index in [2.05, 4.69) is 0 Å². The second-order valence-corrected chi connectivity index (χ2v) is 9.16. The Balaban J connectivity index is 1.70. The minimum atomic E-state index is -0.473. The van der Waals surface area contributed by atoms with Gasteiger partial charge in [-0.05, 0) is 45.0 Å². The van der Waals surface area contributed by atoms with Crippen LogP contribution in [0.1, 0.15) is 37.6 Å². The van der Waals surface area contributed by atoms with Gasteiger partial charge in [0, 0.05) is 5.56 Å². The number of aldehydes is 1.